The molecule has 0 radical (unpaired) electrons. The van der Waals surface area contributed by atoms with E-state index in [4.69, 9.17) is 0 Å². The second-order valence-corrected chi connectivity index (χ2v) is 7.34. The molecule has 0 aromatic rings. The van der Waals surface area contributed by atoms with Gasteiger partial charge in [-0.15, -0.1) is 0 Å². The lowest BCUT2D eigenvalue weighted by atomic mass is 9.76. The number of amides is 3. The summed E-state index contributed by atoms with van der Waals surface area (Å²) in [6.45, 7) is 2.47. The molecule has 0 bridgehead atoms. The highest BCUT2D eigenvalue weighted by atomic mass is 16.2. The van der Waals surface area contributed by atoms with Crippen molar-refractivity contribution in [1.29, 1.82) is 0 Å². The van der Waals surface area contributed by atoms with E-state index >= 15 is 0 Å². The molecular formula is C20H28N2O3. The zero-order valence-electron chi connectivity index (χ0n) is 15.0. The Balaban J connectivity index is 1.52. The third-order valence-electron chi connectivity index (χ3n) is 5.73. The zero-order chi connectivity index (χ0) is 17.8. The van der Waals surface area contributed by atoms with Gasteiger partial charge in [-0.3, -0.25) is 19.3 Å². The maximum Gasteiger partial charge on any atom is 0.240 e. The first-order chi connectivity index (χ1) is 12.1. The molecule has 3 rings (SSSR count). The van der Waals surface area contributed by atoms with Gasteiger partial charge in [0.15, 0.2) is 0 Å². The van der Waals surface area contributed by atoms with Crippen molar-refractivity contribution in [3.05, 3.63) is 23.8 Å². The maximum absolute atomic E-state index is 12.7. The zero-order valence-corrected chi connectivity index (χ0v) is 15.0. The lowest BCUT2D eigenvalue weighted by Gasteiger charge is -2.24. The summed E-state index contributed by atoms with van der Waals surface area (Å²) in [5, 5.41) is 2.86. The fourth-order valence-electron chi connectivity index (χ4n) is 4.30. The molecule has 1 heterocycles. The number of imide groups is 1. The number of likely N-dealkylation sites (tertiary alicyclic amines) is 1. The average Bonchev–Trinajstić information content (AvgIpc) is 2.87. The fraction of sp³-hybridized carbons (Fsp3) is 0.650. The Morgan fingerprint density at radius 3 is 2.84 bits per heavy atom. The molecule has 2 aliphatic carbocycles. The van der Waals surface area contributed by atoms with Crippen LogP contribution < -0.4 is 5.32 Å². The molecular weight excluding hydrogens is 316 g/mol. The number of rotatable bonds is 6. The van der Waals surface area contributed by atoms with Gasteiger partial charge in [0.05, 0.1) is 11.8 Å². The van der Waals surface area contributed by atoms with Crippen molar-refractivity contribution in [3.8, 4) is 0 Å². The van der Waals surface area contributed by atoms with E-state index in [1.54, 1.807) is 0 Å². The molecule has 0 aromatic carbocycles. The van der Waals surface area contributed by atoms with Crippen molar-refractivity contribution in [2.75, 3.05) is 13.1 Å². The van der Waals surface area contributed by atoms with Crippen LogP contribution in [0.1, 0.15) is 51.9 Å². The van der Waals surface area contributed by atoms with E-state index in [-0.39, 0.29) is 42.0 Å². The first-order valence-corrected chi connectivity index (χ1v) is 9.58. The van der Waals surface area contributed by atoms with E-state index in [1.165, 1.54) is 23.3 Å². The van der Waals surface area contributed by atoms with Crippen molar-refractivity contribution in [2.24, 2.45) is 17.8 Å². The van der Waals surface area contributed by atoms with E-state index in [9.17, 15) is 14.4 Å². The molecule has 0 saturated carbocycles. The Bertz CT molecular complexity index is 608. The van der Waals surface area contributed by atoms with Crippen LogP contribution in [-0.4, -0.2) is 35.7 Å². The first kappa shape index (κ1) is 17.9. The highest BCUT2D eigenvalue weighted by Gasteiger charge is 2.50. The van der Waals surface area contributed by atoms with Gasteiger partial charge in [0.1, 0.15) is 6.54 Å². The first-order valence-electron chi connectivity index (χ1n) is 9.58. The summed E-state index contributed by atoms with van der Waals surface area (Å²) < 4.78 is 0. The summed E-state index contributed by atoms with van der Waals surface area (Å²) in [6.07, 6.45) is 13.4. The minimum atomic E-state index is -0.275. The van der Waals surface area contributed by atoms with E-state index in [2.05, 4.69) is 11.4 Å². The highest BCUT2D eigenvalue weighted by molar-refractivity contribution is 6.07. The van der Waals surface area contributed by atoms with E-state index in [1.807, 2.05) is 19.1 Å². The Hall–Kier alpha value is -1.91. The number of nitrogens with one attached hydrogen (secondary N) is 1. The van der Waals surface area contributed by atoms with Gasteiger partial charge < -0.3 is 5.32 Å². The van der Waals surface area contributed by atoms with E-state index < -0.39 is 0 Å². The summed E-state index contributed by atoms with van der Waals surface area (Å²) in [4.78, 5) is 38.6. The summed E-state index contributed by atoms with van der Waals surface area (Å²) in [7, 11) is 0. The van der Waals surface area contributed by atoms with Crippen LogP contribution in [0.25, 0.3) is 0 Å². The standard InChI is InChI=1S/C20H28N2O3/c1-2-15-9-6-10-16-18(15)20(25)22(19(16)24)13-17(23)21-12-11-14-7-4-3-5-8-14/h6-7,9,15-16,18H,2-5,8,10-13H2,1H3,(H,21,23)/t15-,16+,18+/m1/s1. The summed E-state index contributed by atoms with van der Waals surface area (Å²) in [5.74, 6) is -1.02. The second kappa shape index (κ2) is 7.98. The number of nitrogens with zero attached hydrogens (tertiary/aromatic N) is 1. The predicted molar refractivity (Wildman–Crippen MR) is 95.4 cm³/mol. The third-order valence-corrected chi connectivity index (χ3v) is 5.73. The molecule has 3 amide bonds. The molecule has 5 nitrogen and oxygen atoms in total. The molecule has 1 N–H and O–H groups in total. The number of carbonyl (C=O) groups is 3. The van der Waals surface area contributed by atoms with Crippen LogP contribution in [0.5, 0.6) is 0 Å². The predicted octanol–water partition coefficient (Wildman–Crippen LogP) is 2.58. The lowest BCUT2D eigenvalue weighted by Crippen LogP contribution is -2.41. The second-order valence-electron chi connectivity index (χ2n) is 7.34. The lowest BCUT2D eigenvalue weighted by molar-refractivity contribution is -0.143. The van der Waals surface area contributed by atoms with Gasteiger partial charge in [-0.1, -0.05) is 30.7 Å². The van der Waals surface area contributed by atoms with Crippen LogP contribution in [0.2, 0.25) is 0 Å². The van der Waals surface area contributed by atoms with Crippen LogP contribution in [0.4, 0.5) is 0 Å². The minimum Gasteiger partial charge on any atom is -0.354 e. The Morgan fingerprint density at radius 2 is 2.12 bits per heavy atom. The van der Waals surface area contributed by atoms with Crippen LogP contribution in [0.3, 0.4) is 0 Å². The summed E-state index contributed by atoms with van der Waals surface area (Å²) in [5.41, 5.74) is 1.41. The molecule has 0 spiro atoms. The Kier molecular flexibility index (Phi) is 5.71. The summed E-state index contributed by atoms with van der Waals surface area (Å²) in [6, 6.07) is 0. The number of fused-ring (bicyclic) bond motifs is 1. The molecule has 5 heteroatoms. The van der Waals surface area contributed by atoms with Gasteiger partial charge in [0, 0.05) is 6.54 Å². The molecule has 1 fully saturated rings. The molecule has 3 atom stereocenters. The average molecular weight is 344 g/mol. The van der Waals surface area contributed by atoms with Crippen molar-refractivity contribution < 1.29 is 14.4 Å². The highest BCUT2D eigenvalue weighted by Crippen LogP contribution is 2.39. The normalized spacial score (nSPS) is 28.8. The topological polar surface area (TPSA) is 66.5 Å². The van der Waals surface area contributed by atoms with Gasteiger partial charge >= 0.3 is 0 Å². The molecule has 1 saturated heterocycles. The fourth-order valence-corrected chi connectivity index (χ4v) is 4.30. The molecule has 25 heavy (non-hydrogen) atoms. The molecule has 0 aromatic heterocycles. The largest absolute Gasteiger partial charge is 0.354 e. The number of carbonyl (C=O) groups excluding carboxylic acids is 3. The molecule has 3 aliphatic rings. The van der Waals surface area contributed by atoms with Crippen molar-refractivity contribution >= 4 is 17.7 Å². The van der Waals surface area contributed by atoms with Gasteiger partial charge in [0.2, 0.25) is 17.7 Å². The molecule has 1 aliphatic heterocycles. The van der Waals surface area contributed by atoms with Crippen molar-refractivity contribution in [3.63, 3.8) is 0 Å². The van der Waals surface area contributed by atoms with Crippen molar-refractivity contribution in [2.45, 2.75) is 51.9 Å². The quantitative estimate of drug-likeness (QED) is 0.595. The third kappa shape index (κ3) is 3.86. The van der Waals surface area contributed by atoms with Gasteiger partial charge in [-0.25, -0.2) is 0 Å². The Morgan fingerprint density at radius 1 is 1.28 bits per heavy atom. The van der Waals surface area contributed by atoms with Gasteiger partial charge in [0.25, 0.3) is 0 Å². The van der Waals surface area contributed by atoms with Crippen LogP contribution in [-0.2, 0) is 14.4 Å². The van der Waals surface area contributed by atoms with Crippen LogP contribution in [0.15, 0.2) is 23.8 Å². The summed E-state index contributed by atoms with van der Waals surface area (Å²) >= 11 is 0. The number of hydrogen-bond acceptors (Lipinski definition) is 3. The van der Waals surface area contributed by atoms with E-state index in [0.29, 0.717) is 13.0 Å². The van der Waals surface area contributed by atoms with Gasteiger partial charge in [-0.05, 0) is 50.9 Å². The van der Waals surface area contributed by atoms with Gasteiger partial charge in [-0.2, -0.15) is 0 Å². The van der Waals surface area contributed by atoms with Crippen LogP contribution in [0, 0.1) is 17.8 Å². The molecule has 0 unspecified atom stereocenters. The number of allylic oxidation sites excluding steroid dienone is 3. The molecule has 136 valence electrons. The smallest absolute Gasteiger partial charge is 0.240 e. The van der Waals surface area contributed by atoms with E-state index in [0.717, 1.165) is 25.7 Å². The SMILES string of the molecule is CC[C@@H]1C=CC[C@@H]2C(=O)N(CC(=O)NCCC3=CCCCC3)C(=O)[C@H]21. The van der Waals surface area contributed by atoms with Crippen LogP contribution >= 0.6 is 0 Å². The minimum absolute atomic E-state index is 0.112. The monoisotopic (exact) mass is 344 g/mol. The number of hydrogen-bond donors (Lipinski definition) is 1. The maximum atomic E-state index is 12.7. The van der Waals surface area contributed by atoms with Crippen molar-refractivity contribution in [1.82, 2.24) is 10.2 Å². The Labute approximate surface area is 149 Å².